The molecule has 1 aromatic heterocycles. The molecule has 0 spiro atoms. The number of aliphatic imine (C=N–C) groups is 1. The van der Waals surface area contributed by atoms with E-state index in [0.717, 1.165) is 62.7 Å². The van der Waals surface area contributed by atoms with Crippen LogP contribution in [0.15, 0.2) is 34.1 Å². The Labute approximate surface area is 187 Å². The van der Waals surface area contributed by atoms with Crippen molar-refractivity contribution in [2.75, 3.05) is 20.1 Å². The van der Waals surface area contributed by atoms with Gasteiger partial charge in [-0.3, -0.25) is 9.56 Å². The predicted octanol–water partition coefficient (Wildman–Crippen LogP) is 1.56. The van der Waals surface area contributed by atoms with Crippen LogP contribution in [0.25, 0.3) is 0 Å². The Morgan fingerprint density at radius 3 is 2.97 bits per heavy atom. The number of nitrogens with one attached hydrogen (secondary N) is 2. The zero-order chi connectivity index (χ0) is 19.3. The molecule has 0 aliphatic carbocycles. The van der Waals surface area contributed by atoms with Crippen molar-refractivity contribution in [3.63, 3.8) is 0 Å². The monoisotopic (exact) mass is 512 g/mol. The maximum absolute atomic E-state index is 12.3. The first-order valence-electron chi connectivity index (χ1n) is 10.1. The van der Waals surface area contributed by atoms with Gasteiger partial charge in [0.15, 0.2) is 5.96 Å². The van der Waals surface area contributed by atoms with Gasteiger partial charge in [0.25, 0.3) is 0 Å². The SMILES string of the molecule is CN=C(NCCCn1nc2n(c1=O)CCCC2)NCC1Cc2ccccc2O1.I. The van der Waals surface area contributed by atoms with E-state index in [2.05, 4.69) is 26.8 Å². The second kappa shape index (κ2) is 10.1. The van der Waals surface area contributed by atoms with Crippen molar-refractivity contribution < 1.29 is 4.74 Å². The summed E-state index contributed by atoms with van der Waals surface area (Å²) in [5, 5.41) is 11.1. The highest BCUT2D eigenvalue weighted by Gasteiger charge is 2.22. The van der Waals surface area contributed by atoms with Crippen LogP contribution < -0.4 is 21.1 Å². The topological polar surface area (TPSA) is 85.5 Å². The van der Waals surface area contributed by atoms with Gasteiger partial charge in [-0.1, -0.05) is 18.2 Å². The van der Waals surface area contributed by atoms with Crippen LogP contribution in [-0.4, -0.2) is 46.5 Å². The highest BCUT2D eigenvalue weighted by molar-refractivity contribution is 14.0. The number of ether oxygens (including phenoxy) is 1. The number of hydrogen-bond acceptors (Lipinski definition) is 4. The van der Waals surface area contributed by atoms with Crippen molar-refractivity contribution in [1.82, 2.24) is 25.0 Å². The number of nitrogens with zero attached hydrogens (tertiary/aromatic N) is 4. The number of rotatable bonds is 6. The molecule has 1 atom stereocenters. The third-order valence-corrected chi connectivity index (χ3v) is 5.31. The molecule has 0 radical (unpaired) electrons. The Hall–Kier alpha value is -2.04. The molecule has 0 saturated heterocycles. The number of aryl methyl sites for hydroxylation is 2. The van der Waals surface area contributed by atoms with Crippen molar-refractivity contribution in [2.45, 2.75) is 51.3 Å². The van der Waals surface area contributed by atoms with E-state index < -0.39 is 0 Å². The van der Waals surface area contributed by atoms with E-state index in [1.165, 1.54) is 5.56 Å². The summed E-state index contributed by atoms with van der Waals surface area (Å²) in [6.45, 7) is 2.83. The lowest BCUT2D eigenvalue weighted by atomic mass is 10.1. The highest BCUT2D eigenvalue weighted by Crippen LogP contribution is 2.27. The minimum atomic E-state index is 0. The van der Waals surface area contributed by atoms with E-state index in [1.807, 2.05) is 22.8 Å². The van der Waals surface area contributed by atoms with Crippen LogP contribution in [0.5, 0.6) is 5.75 Å². The van der Waals surface area contributed by atoms with Gasteiger partial charge in [0.05, 0.1) is 6.54 Å². The van der Waals surface area contributed by atoms with Gasteiger partial charge in [-0.15, -0.1) is 24.0 Å². The van der Waals surface area contributed by atoms with Crippen molar-refractivity contribution >= 4 is 29.9 Å². The molecule has 9 heteroatoms. The first-order chi connectivity index (χ1) is 13.7. The van der Waals surface area contributed by atoms with Gasteiger partial charge >= 0.3 is 5.69 Å². The fourth-order valence-corrected chi connectivity index (χ4v) is 3.83. The second-order valence-electron chi connectivity index (χ2n) is 7.32. The Balaban J connectivity index is 0.00000240. The number of aromatic nitrogens is 3. The van der Waals surface area contributed by atoms with Gasteiger partial charge in [0.1, 0.15) is 17.7 Å². The fourth-order valence-electron chi connectivity index (χ4n) is 3.83. The molecule has 2 aromatic rings. The zero-order valence-electron chi connectivity index (χ0n) is 16.8. The molecule has 2 aliphatic heterocycles. The van der Waals surface area contributed by atoms with Crippen molar-refractivity contribution in [3.05, 3.63) is 46.1 Å². The lowest BCUT2D eigenvalue weighted by Gasteiger charge is -2.15. The standard InChI is InChI=1S/C20H28N6O2.HI/c1-21-19(23-14-16-13-15-7-2-3-8-17(15)28-16)22-10-6-12-26-20(27)25-11-5-4-9-18(25)24-26;/h2-3,7-8,16H,4-6,9-14H2,1H3,(H2,21,22,23);1H. The molecule has 158 valence electrons. The molecule has 29 heavy (non-hydrogen) atoms. The van der Waals surface area contributed by atoms with Crippen molar-refractivity contribution in [1.29, 1.82) is 0 Å². The molecule has 4 rings (SSSR count). The molecular formula is C20H29IN6O2. The third-order valence-electron chi connectivity index (χ3n) is 5.31. The van der Waals surface area contributed by atoms with E-state index in [4.69, 9.17) is 4.74 Å². The molecular weight excluding hydrogens is 483 g/mol. The average Bonchev–Trinajstić information content (AvgIpc) is 3.28. The van der Waals surface area contributed by atoms with Crippen LogP contribution in [-0.2, 0) is 25.9 Å². The first kappa shape index (κ1) is 21.7. The molecule has 0 bridgehead atoms. The maximum Gasteiger partial charge on any atom is 0.345 e. The Bertz CT molecular complexity index is 882. The van der Waals surface area contributed by atoms with Gasteiger partial charge in [-0.2, -0.15) is 5.10 Å². The number of fused-ring (bicyclic) bond motifs is 2. The van der Waals surface area contributed by atoms with Crippen molar-refractivity contribution in [2.24, 2.45) is 4.99 Å². The minimum Gasteiger partial charge on any atom is -0.488 e. The van der Waals surface area contributed by atoms with E-state index in [1.54, 1.807) is 11.7 Å². The van der Waals surface area contributed by atoms with Gasteiger partial charge in [-0.25, -0.2) is 9.48 Å². The van der Waals surface area contributed by atoms with E-state index in [0.29, 0.717) is 13.1 Å². The smallest absolute Gasteiger partial charge is 0.345 e. The van der Waals surface area contributed by atoms with Gasteiger partial charge in [-0.05, 0) is 30.9 Å². The Morgan fingerprint density at radius 1 is 1.31 bits per heavy atom. The molecule has 1 unspecified atom stereocenters. The van der Waals surface area contributed by atoms with Gasteiger partial charge in [0, 0.05) is 39.5 Å². The van der Waals surface area contributed by atoms with Gasteiger partial charge < -0.3 is 15.4 Å². The highest BCUT2D eigenvalue weighted by atomic mass is 127. The minimum absolute atomic E-state index is 0. The van der Waals surface area contributed by atoms with Crippen LogP contribution in [0.2, 0.25) is 0 Å². The number of para-hydroxylation sites is 1. The summed E-state index contributed by atoms with van der Waals surface area (Å²) in [6, 6.07) is 8.16. The Morgan fingerprint density at radius 2 is 2.17 bits per heavy atom. The van der Waals surface area contributed by atoms with Crippen LogP contribution in [0.1, 0.15) is 30.7 Å². The molecule has 2 N–H and O–H groups in total. The van der Waals surface area contributed by atoms with Crippen LogP contribution in [0.3, 0.4) is 0 Å². The summed E-state index contributed by atoms with van der Waals surface area (Å²) in [5.74, 6) is 2.65. The largest absolute Gasteiger partial charge is 0.488 e. The van der Waals surface area contributed by atoms with Crippen LogP contribution in [0, 0.1) is 0 Å². The zero-order valence-corrected chi connectivity index (χ0v) is 19.1. The molecule has 8 nitrogen and oxygen atoms in total. The first-order valence-corrected chi connectivity index (χ1v) is 10.1. The lowest BCUT2D eigenvalue weighted by molar-refractivity contribution is 0.235. The normalized spacial score (nSPS) is 17.7. The lowest BCUT2D eigenvalue weighted by Crippen LogP contribution is -2.42. The number of guanidine groups is 1. The summed E-state index contributed by atoms with van der Waals surface area (Å²) in [6.07, 6.45) is 4.93. The Kier molecular flexibility index (Phi) is 7.57. The third kappa shape index (κ3) is 5.12. The summed E-state index contributed by atoms with van der Waals surface area (Å²) < 4.78 is 9.36. The molecule has 3 heterocycles. The van der Waals surface area contributed by atoms with Crippen LogP contribution >= 0.6 is 24.0 Å². The number of halogens is 1. The summed E-state index contributed by atoms with van der Waals surface area (Å²) in [7, 11) is 1.76. The molecule has 0 fully saturated rings. The van der Waals surface area contributed by atoms with E-state index >= 15 is 0 Å². The number of benzene rings is 1. The summed E-state index contributed by atoms with van der Waals surface area (Å²) in [4.78, 5) is 16.6. The second-order valence-corrected chi connectivity index (χ2v) is 7.32. The van der Waals surface area contributed by atoms with E-state index in [-0.39, 0.29) is 35.8 Å². The molecule has 1 aromatic carbocycles. The van der Waals surface area contributed by atoms with E-state index in [9.17, 15) is 4.79 Å². The predicted molar refractivity (Wildman–Crippen MR) is 123 cm³/mol. The molecule has 0 amide bonds. The van der Waals surface area contributed by atoms with Crippen molar-refractivity contribution in [3.8, 4) is 5.75 Å². The number of hydrogen-bond donors (Lipinski definition) is 2. The van der Waals surface area contributed by atoms with Gasteiger partial charge in [0.2, 0.25) is 0 Å². The molecule has 2 aliphatic rings. The maximum atomic E-state index is 12.3. The van der Waals surface area contributed by atoms with Crippen LogP contribution in [0.4, 0.5) is 0 Å². The molecule has 0 saturated carbocycles. The fraction of sp³-hybridized carbons (Fsp3) is 0.550. The summed E-state index contributed by atoms with van der Waals surface area (Å²) in [5.41, 5.74) is 1.28. The quantitative estimate of drug-likeness (QED) is 0.266. The average molecular weight is 512 g/mol. The summed E-state index contributed by atoms with van der Waals surface area (Å²) >= 11 is 0.